The molecule has 0 spiro atoms. The Morgan fingerprint density at radius 2 is 2.29 bits per heavy atom. The molecule has 0 aromatic heterocycles. The van der Waals surface area contributed by atoms with Crippen molar-refractivity contribution in [3.8, 4) is 0 Å². The predicted molar refractivity (Wildman–Crippen MR) is 64.0 cm³/mol. The van der Waals surface area contributed by atoms with Crippen LogP contribution in [-0.4, -0.2) is 36.1 Å². The molecule has 1 aliphatic carbocycles. The Morgan fingerprint density at radius 1 is 1.53 bits per heavy atom. The summed E-state index contributed by atoms with van der Waals surface area (Å²) in [7, 11) is 0. The Bertz CT molecular complexity index is 358. The van der Waals surface area contributed by atoms with Gasteiger partial charge in [0.25, 0.3) is 0 Å². The number of hydrogen-bond acceptors (Lipinski definition) is 4. The van der Waals surface area contributed by atoms with E-state index in [0.717, 1.165) is 6.42 Å². The van der Waals surface area contributed by atoms with E-state index in [1.54, 1.807) is 12.2 Å². The molecule has 5 nitrogen and oxygen atoms in total. The van der Waals surface area contributed by atoms with Crippen molar-refractivity contribution in [1.82, 2.24) is 0 Å². The van der Waals surface area contributed by atoms with Gasteiger partial charge < -0.3 is 14.7 Å². The van der Waals surface area contributed by atoms with E-state index in [9.17, 15) is 4.79 Å². The largest absolute Gasteiger partial charge is 0.478 e. The zero-order valence-electron chi connectivity index (χ0n) is 10.0. The Labute approximate surface area is 100 Å². The summed E-state index contributed by atoms with van der Waals surface area (Å²) >= 11 is 0. The van der Waals surface area contributed by atoms with Gasteiger partial charge in [-0.05, 0) is 25.5 Å². The van der Waals surface area contributed by atoms with Crippen molar-refractivity contribution in [2.75, 3.05) is 13.2 Å². The molecule has 1 atom stereocenters. The number of rotatable bonds is 6. The van der Waals surface area contributed by atoms with Crippen LogP contribution in [0.1, 0.15) is 20.3 Å². The van der Waals surface area contributed by atoms with Gasteiger partial charge in [-0.3, -0.25) is 0 Å². The summed E-state index contributed by atoms with van der Waals surface area (Å²) in [5.74, 6) is -1.00. The number of allylic oxidation sites excluding steroid dienone is 2. The third kappa shape index (κ3) is 3.71. The maximum absolute atomic E-state index is 11.0. The molecule has 1 unspecified atom stereocenters. The SMILES string of the molecule is CCCON=C1C=CC=C(C(=O)O)C1OCC. The minimum Gasteiger partial charge on any atom is -0.478 e. The molecule has 0 fully saturated rings. The van der Waals surface area contributed by atoms with Gasteiger partial charge in [0.05, 0.1) is 5.57 Å². The molecule has 5 heteroatoms. The van der Waals surface area contributed by atoms with Crippen LogP contribution in [0, 0.1) is 0 Å². The summed E-state index contributed by atoms with van der Waals surface area (Å²) in [6, 6.07) is 0. The third-order valence-electron chi connectivity index (χ3n) is 2.14. The van der Waals surface area contributed by atoms with Gasteiger partial charge in [0.15, 0.2) is 0 Å². The molecular weight excluding hydrogens is 222 g/mol. The first-order valence-electron chi connectivity index (χ1n) is 5.63. The average Bonchev–Trinajstić information content (AvgIpc) is 2.31. The lowest BCUT2D eigenvalue weighted by Crippen LogP contribution is -2.31. The molecule has 1 aliphatic rings. The Kier molecular flexibility index (Phi) is 5.42. The number of hydrogen-bond donors (Lipinski definition) is 1. The first-order chi connectivity index (χ1) is 8.20. The first kappa shape index (κ1) is 13.4. The van der Waals surface area contributed by atoms with Crippen molar-refractivity contribution >= 4 is 11.7 Å². The zero-order valence-corrected chi connectivity index (χ0v) is 10.0. The van der Waals surface area contributed by atoms with Gasteiger partial charge in [0.1, 0.15) is 18.4 Å². The molecule has 17 heavy (non-hydrogen) atoms. The number of oxime groups is 1. The lowest BCUT2D eigenvalue weighted by atomic mass is 10.00. The molecule has 0 aromatic rings. The number of carbonyl (C=O) groups is 1. The molecule has 0 radical (unpaired) electrons. The maximum Gasteiger partial charge on any atom is 0.334 e. The molecule has 1 rings (SSSR count). The average molecular weight is 239 g/mol. The van der Waals surface area contributed by atoms with Gasteiger partial charge in [-0.2, -0.15) is 0 Å². The van der Waals surface area contributed by atoms with Crippen molar-refractivity contribution in [3.63, 3.8) is 0 Å². The molecule has 0 heterocycles. The fraction of sp³-hybridized carbons (Fsp3) is 0.500. The standard InChI is InChI=1S/C12H17NO4/c1-3-8-17-13-10-7-5-6-9(12(14)15)11(10)16-4-2/h5-7,11H,3-4,8H2,1-2H3,(H,14,15). The van der Waals surface area contributed by atoms with Crippen LogP contribution in [0.3, 0.4) is 0 Å². The highest BCUT2D eigenvalue weighted by Gasteiger charge is 2.27. The second-order valence-corrected chi connectivity index (χ2v) is 3.47. The molecule has 0 saturated heterocycles. The van der Waals surface area contributed by atoms with E-state index in [2.05, 4.69) is 5.16 Å². The molecule has 0 bridgehead atoms. The lowest BCUT2D eigenvalue weighted by molar-refractivity contribution is -0.133. The van der Waals surface area contributed by atoms with Crippen LogP contribution in [0.5, 0.6) is 0 Å². The fourth-order valence-electron chi connectivity index (χ4n) is 1.40. The van der Waals surface area contributed by atoms with Crippen molar-refractivity contribution in [3.05, 3.63) is 23.8 Å². The van der Waals surface area contributed by atoms with Crippen LogP contribution < -0.4 is 0 Å². The summed E-state index contributed by atoms with van der Waals surface area (Å²) in [5.41, 5.74) is 0.661. The van der Waals surface area contributed by atoms with Gasteiger partial charge in [-0.15, -0.1) is 0 Å². The van der Waals surface area contributed by atoms with E-state index in [4.69, 9.17) is 14.7 Å². The highest BCUT2D eigenvalue weighted by atomic mass is 16.6. The fourth-order valence-corrected chi connectivity index (χ4v) is 1.40. The smallest absolute Gasteiger partial charge is 0.334 e. The van der Waals surface area contributed by atoms with Crippen LogP contribution in [-0.2, 0) is 14.4 Å². The number of nitrogens with zero attached hydrogens (tertiary/aromatic N) is 1. The van der Waals surface area contributed by atoms with Crippen molar-refractivity contribution in [2.45, 2.75) is 26.4 Å². The van der Waals surface area contributed by atoms with E-state index in [1.807, 2.05) is 13.8 Å². The van der Waals surface area contributed by atoms with E-state index < -0.39 is 12.1 Å². The van der Waals surface area contributed by atoms with E-state index in [-0.39, 0.29) is 5.57 Å². The Morgan fingerprint density at radius 3 is 2.88 bits per heavy atom. The number of ether oxygens (including phenoxy) is 1. The molecule has 0 saturated carbocycles. The van der Waals surface area contributed by atoms with Gasteiger partial charge in [-0.25, -0.2) is 4.79 Å². The number of carboxylic acids is 1. The minimum absolute atomic E-state index is 0.174. The minimum atomic E-state index is -1.00. The monoisotopic (exact) mass is 239 g/mol. The van der Waals surface area contributed by atoms with Gasteiger partial charge in [0, 0.05) is 6.61 Å². The summed E-state index contributed by atoms with van der Waals surface area (Å²) in [4.78, 5) is 16.1. The van der Waals surface area contributed by atoms with E-state index >= 15 is 0 Å². The van der Waals surface area contributed by atoms with Crippen molar-refractivity contribution in [1.29, 1.82) is 0 Å². The maximum atomic E-state index is 11.0. The molecule has 1 N–H and O–H groups in total. The molecule has 94 valence electrons. The van der Waals surface area contributed by atoms with E-state index in [0.29, 0.717) is 18.9 Å². The second-order valence-electron chi connectivity index (χ2n) is 3.47. The van der Waals surface area contributed by atoms with Crippen LogP contribution >= 0.6 is 0 Å². The molecule has 0 aromatic carbocycles. The van der Waals surface area contributed by atoms with Crippen molar-refractivity contribution < 1.29 is 19.5 Å². The van der Waals surface area contributed by atoms with Gasteiger partial charge in [0.2, 0.25) is 0 Å². The first-order valence-corrected chi connectivity index (χ1v) is 5.63. The molecular formula is C12H17NO4. The number of carboxylic acid groups (broad SMARTS) is 1. The lowest BCUT2D eigenvalue weighted by Gasteiger charge is -2.19. The third-order valence-corrected chi connectivity index (χ3v) is 2.14. The predicted octanol–water partition coefficient (Wildman–Crippen LogP) is 1.75. The van der Waals surface area contributed by atoms with E-state index in [1.165, 1.54) is 6.08 Å². The van der Waals surface area contributed by atoms with Crippen LogP contribution in [0.2, 0.25) is 0 Å². The van der Waals surface area contributed by atoms with Crippen molar-refractivity contribution in [2.24, 2.45) is 5.16 Å². The topological polar surface area (TPSA) is 68.1 Å². The second kappa shape index (κ2) is 6.85. The highest BCUT2D eigenvalue weighted by molar-refractivity contribution is 6.08. The summed E-state index contributed by atoms with van der Waals surface area (Å²) in [6.45, 7) is 4.69. The summed E-state index contributed by atoms with van der Waals surface area (Å²) in [5, 5.41) is 13.0. The van der Waals surface area contributed by atoms with Gasteiger partial charge >= 0.3 is 5.97 Å². The summed E-state index contributed by atoms with van der Waals surface area (Å²) < 4.78 is 5.39. The highest BCUT2D eigenvalue weighted by Crippen LogP contribution is 2.16. The van der Waals surface area contributed by atoms with Crippen LogP contribution in [0.4, 0.5) is 0 Å². The van der Waals surface area contributed by atoms with Crippen LogP contribution in [0.25, 0.3) is 0 Å². The quantitative estimate of drug-likeness (QED) is 0.566. The Hall–Kier alpha value is -1.62. The Balaban J connectivity index is 2.84. The van der Waals surface area contributed by atoms with Gasteiger partial charge in [-0.1, -0.05) is 18.2 Å². The summed E-state index contributed by atoms with van der Waals surface area (Å²) in [6.07, 6.45) is 5.04. The normalized spacial score (nSPS) is 21.4. The molecule has 0 aliphatic heterocycles. The molecule has 0 amide bonds. The zero-order chi connectivity index (χ0) is 12.7. The number of aliphatic carboxylic acids is 1. The van der Waals surface area contributed by atoms with Crippen LogP contribution in [0.15, 0.2) is 29.0 Å².